The number of anilines is 1. The highest BCUT2D eigenvalue weighted by molar-refractivity contribution is 5.67. The van der Waals surface area contributed by atoms with E-state index in [1.54, 1.807) is 6.20 Å². The van der Waals surface area contributed by atoms with Crippen LogP contribution in [0.3, 0.4) is 0 Å². The quantitative estimate of drug-likeness (QED) is 0.620. The zero-order valence-electron chi connectivity index (χ0n) is 16.2. The molecule has 3 heterocycles. The van der Waals surface area contributed by atoms with Gasteiger partial charge in [0.2, 0.25) is 0 Å². The molecule has 0 bridgehead atoms. The molecule has 0 atom stereocenters. The Morgan fingerprint density at radius 3 is 2.45 bits per heavy atom. The van der Waals surface area contributed by atoms with Crippen molar-refractivity contribution < 1.29 is 17.9 Å². The normalized spacial score (nSPS) is 15.9. The summed E-state index contributed by atoms with van der Waals surface area (Å²) in [6, 6.07) is 11.7. The lowest BCUT2D eigenvalue weighted by molar-refractivity contribution is -0.136. The van der Waals surface area contributed by atoms with Crippen LogP contribution < -0.4 is 4.90 Å². The van der Waals surface area contributed by atoms with E-state index in [2.05, 4.69) is 22.3 Å². The first-order valence-electron chi connectivity index (χ1n) is 9.80. The largest absolute Gasteiger partial charge is 0.422 e. The molecule has 0 radical (unpaired) electrons. The SMILES string of the molecule is CCOCc1nnc2c(C(F)(F)F)c(N3CCC(c4ccccc4)CC3)ccn12. The molecule has 4 rings (SSSR count). The summed E-state index contributed by atoms with van der Waals surface area (Å²) in [4.78, 5) is 1.82. The van der Waals surface area contributed by atoms with Gasteiger partial charge in [0.05, 0.1) is 5.69 Å². The molecule has 1 aliphatic heterocycles. The first kappa shape index (κ1) is 19.7. The molecule has 29 heavy (non-hydrogen) atoms. The Bertz CT molecular complexity index is 963. The first-order chi connectivity index (χ1) is 14.0. The van der Waals surface area contributed by atoms with Gasteiger partial charge in [0.25, 0.3) is 0 Å². The van der Waals surface area contributed by atoms with Crippen LogP contribution in [0.1, 0.15) is 42.6 Å². The maximum absolute atomic E-state index is 14.0. The van der Waals surface area contributed by atoms with Crippen molar-refractivity contribution in [3.8, 4) is 0 Å². The van der Waals surface area contributed by atoms with Gasteiger partial charge >= 0.3 is 6.18 Å². The summed E-state index contributed by atoms with van der Waals surface area (Å²) in [6.45, 7) is 3.53. The lowest BCUT2D eigenvalue weighted by Crippen LogP contribution is -2.34. The summed E-state index contributed by atoms with van der Waals surface area (Å²) >= 11 is 0. The number of pyridine rings is 1. The lowest BCUT2D eigenvalue weighted by Gasteiger charge is -2.35. The maximum atomic E-state index is 14.0. The van der Waals surface area contributed by atoms with E-state index in [9.17, 15) is 13.2 Å². The number of hydrogen-bond acceptors (Lipinski definition) is 4. The van der Waals surface area contributed by atoms with Crippen LogP contribution in [0, 0.1) is 0 Å². The fraction of sp³-hybridized carbons (Fsp3) is 0.429. The van der Waals surface area contributed by atoms with Crippen LogP contribution in [0.25, 0.3) is 5.65 Å². The highest BCUT2D eigenvalue weighted by atomic mass is 19.4. The Labute approximate surface area is 167 Å². The van der Waals surface area contributed by atoms with Crippen molar-refractivity contribution in [3.63, 3.8) is 0 Å². The van der Waals surface area contributed by atoms with Gasteiger partial charge in [0, 0.05) is 25.9 Å². The van der Waals surface area contributed by atoms with Crippen LogP contribution in [0.5, 0.6) is 0 Å². The van der Waals surface area contributed by atoms with Gasteiger partial charge in [-0.05, 0) is 37.3 Å². The summed E-state index contributed by atoms with van der Waals surface area (Å²) in [5.74, 6) is 0.734. The summed E-state index contributed by atoms with van der Waals surface area (Å²) in [5.41, 5.74) is 0.520. The van der Waals surface area contributed by atoms with Crippen molar-refractivity contribution in [2.75, 3.05) is 24.6 Å². The van der Waals surface area contributed by atoms with Crippen LogP contribution in [0.2, 0.25) is 0 Å². The zero-order chi connectivity index (χ0) is 20.4. The van der Waals surface area contributed by atoms with Crippen LogP contribution in [0.15, 0.2) is 42.6 Å². The molecule has 2 aromatic heterocycles. The number of halogens is 3. The fourth-order valence-corrected chi connectivity index (χ4v) is 4.00. The molecule has 3 aromatic rings. The Hall–Kier alpha value is -2.61. The third kappa shape index (κ3) is 3.94. The van der Waals surface area contributed by atoms with E-state index in [0.717, 1.165) is 12.8 Å². The van der Waals surface area contributed by atoms with Gasteiger partial charge in [-0.25, -0.2) is 0 Å². The van der Waals surface area contributed by atoms with Crippen LogP contribution >= 0.6 is 0 Å². The monoisotopic (exact) mass is 404 g/mol. The number of nitrogens with zero attached hydrogens (tertiary/aromatic N) is 4. The van der Waals surface area contributed by atoms with Gasteiger partial charge in [-0.2, -0.15) is 13.2 Å². The third-order valence-electron chi connectivity index (χ3n) is 5.45. The molecule has 1 fully saturated rings. The number of ether oxygens (including phenoxy) is 1. The van der Waals surface area contributed by atoms with E-state index in [4.69, 9.17) is 4.74 Å². The van der Waals surface area contributed by atoms with E-state index < -0.39 is 11.7 Å². The number of rotatable bonds is 5. The third-order valence-corrected chi connectivity index (χ3v) is 5.45. The van der Waals surface area contributed by atoms with Crippen LogP contribution in [-0.4, -0.2) is 34.3 Å². The molecule has 1 aliphatic rings. The minimum Gasteiger partial charge on any atom is -0.374 e. The average Bonchev–Trinajstić information content (AvgIpc) is 3.14. The fourth-order valence-electron chi connectivity index (χ4n) is 4.00. The maximum Gasteiger partial charge on any atom is 0.422 e. The molecule has 1 saturated heterocycles. The van der Waals surface area contributed by atoms with Gasteiger partial charge in [0.15, 0.2) is 11.5 Å². The molecule has 0 saturated carbocycles. The van der Waals surface area contributed by atoms with E-state index in [-0.39, 0.29) is 17.9 Å². The van der Waals surface area contributed by atoms with Crippen molar-refractivity contribution in [1.82, 2.24) is 14.6 Å². The molecule has 5 nitrogen and oxygen atoms in total. The highest BCUT2D eigenvalue weighted by Gasteiger charge is 2.39. The molecule has 1 aromatic carbocycles. The van der Waals surface area contributed by atoms with Crippen molar-refractivity contribution in [2.24, 2.45) is 0 Å². The zero-order valence-corrected chi connectivity index (χ0v) is 16.2. The van der Waals surface area contributed by atoms with Crippen LogP contribution in [0.4, 0.5) is 18.9 Å². The van der Waals surface area contributed by atoms with Crippen molar-refractivity contribution >= 4 is 11.3 Å². The standard InChI is InChI=1S/C21H23F3N4O/c1-2-29-14-18-25-26-20-19(21(22,23)24)17(10-13-28(18)20)27-11-8-16(9-12-27)15-6-4-3-5-7-15/h3-7,10,13,16H,2,8-9,11-12,14H2,1H3. The molecule has 0 amide bonds. The number of alkyl halides is 3. The summed E-state index contributed by atoms with van der Waals surface area (Å²) in [5, 5.41) is 7.76. The molecular formula is C21H23F3N4O. The number of fused-ring (bicyclic) bond motifs is 1. The average molecular weight is 404 g/mol. The molecular weight excluding hydrogens is 381 g/mol. The molecule has 0 N–H and O–H groups in total. The highest BCUT2D eigenvalue weighted by Crippen LogP contribution is 2.41. The first-order valence-corrected chi connectivity index (χ1v) is 9.80. The van der Waals surface area contributed by atoms with Crippen molar-refractivity contribution in [1.29, 1.82) is 0 Å². The number of hydrogen-bond donors (Lipinski definition) is 0. The number of piperidine rings is 1. The Morgan fingerprint density at radius 2 is 1.79 bits per heavy atom. The lowest BCUT2D eigenvalue weighted by atomic mass is 9.89. The molecule has 0 unspecified atom stereocenters. The topological polar surface area (TPSA) is 42.7 Å². The molecule has 0 aliphatic carbocycles. The smallest absolute Gasteiger partial charge is 0.374 e. The second-order valence-corrected chi connectivity index (χ2v) is 7.19. The predicted molar refractivity (Wildman–Crippen MR) is 104 cm³/mol. The molecule has 154 valence electrons. The van der Waals surface area contributed by atoms with E-state index in [1.807, 2.05) is 30.0 Å². The Morgan fingerprint density at radius 1 is 1.07 bits per heavy atom. The van der Waals surface area contributed by atoms with Gasteiger partial charge in [-0.1, -0.05) is 30.3 Å². The molecule has 8 heteroatoms. The van der Waals surface area contributed by atoms with E-state index in [0.29, 0.717) is 31.4 Å². The van der Waals surface area contributed by atoms with Crippen molar-refractivity contribution in [2.45, 2.75) is 38.5 Å². The van der Waals surface area contributed by atoms with Crippen LogP contribution in [-0.2, 0) is 17.5 Å². The Kier molecular flexibility index (Phi) is 5.45. The van der Waals surface area contributed by atoms with E-state index >= 15 is 0 Å². The van der Waals surface area contributed by atoms with Gasteiger partial charge in [-0.3, -0.25) is 4.40 Å². The van der Waals surface area contributed by atoms with Gasteiger partial charge < -0.3 is 9.64 Å². The second kappa shape index (κ2) is 8.02. The minimum atomic E-state index is -4.52. The summed E-state index contributed by atoms with van der Waals surface area (Å²) in [7, 11) is 0. The number of benzene rings is 1. The summed E-state index contributed by atoms with van der Waals surface area (Å²) < 4.78 is 48.7. The Balaban J connectivity index is 1.64. The van der Waals surface area contributed by atoms with Gasteiger partial charge in [-0.15, -0.1) is 10.2 Å². The predicted octanol–water partition coefficient (Wildman–Crippen LogP) is 4.67. The second-order valence-electron chi connectivity index (χ2n) is 7.19. The minimum absolute atomic E-state index is 0.122. The van der Waals surface area contributed by atoms with Gasteiger partial charge in [0.1, 0.15) is 12.2 Å². The van der Waals surface area contributed by atoms with E-state index in [1.165, 1.54) is 16.0 Å². The molecule has 0 spiro atoms. The van der Waals surface area contributed by atoms with Crippen molar-refractivity contribution in [3.05, 3.63) is 59.5 Å². The number of aromatic nitrogens is 3. The summed E-state index contributed by atoms with van der Waals surface area (Å²) in [6.07, 6.45) is -1.29.